The molecule has 0 saturated heterocycles. The molecular formula is C43H31N3Si. The van der Waals surface area contributed by atoms with Crippen molar-refractivity contribution in [1.82, 2.24) is 15.0 Å². The molecule has 7 aromatic carbocycles. The van der Waals surface area contributed by atoms with E-state index in [1.165, 1.54) is 54.2 Å². The van der Waals surface area contributed by atoms with Crippen molar-refractivity contribution in [2.24, 2.45) is 0 Å². The molecule has 1 aromatic heterocycles. The van der Waals surface area contributed by atoms with Crippen molar-refractivity contribution in [3.05, 3.63) is 152 Å². The zero-order chi connectivity index (χ0) is 31.5. The summed E-state index contributed by atoms with van der Waals surface area (Å²) in [7, 11) is -2.09. The Balaban J connectivity index is 1.21. The lowest BCUT2D eigenvalue weighted by atomic mass is 9.97. The largest absolute Gasteiger partial charge is 0.208 e. The minimum Gasteiger partial charge on any atom is -0.208 e. The number of rotatable bonds is 4. The lowest BCUT2D eigenvalue weighted by molar-refractivity contribution is 1.08. The number of hydrogen-bond acceptors (Lipinski definition) is 3. The maximum atomic E-state index is 5.21. The molecule has 0 fully saturated rings. The van der Waals surface area contributed by atoms with E-state index in [0.717, 1.165) is 22.5 Å². The second-order valence-electron chi connectivity index (χ2n) is 12.9. The van der Waals surface area contributed by atoms with E-state index in [-0.39, 0.29) is 0 Å². The van der Waals surface area contributed by atoms with Gasteiger partial charge < -0.3 is 0 Å². The summed E-state index contributed by atoms with van der Waals surface area (Å²) in [6.07, 6.45) is 0. The minimum atomic E-state index is -2.09. The molecule has 0 unspecified atom stereocenters. The minimum absolute atomic E-state index is 0.677. The number of hydrogen-bond donors (Lipinski definition) is 0. The smallest absolute Gasteiger partial charge is 0.164 e. The summed E-state index contributed by atoms with van der Waals surface area (Å²) in [5.41, 5.74) is 8.09. The predicted octanol–water partition coefficient (Wildman–Crippen LogP) is 9.65. The van der Waals surface area contributed by atoms with Crippen molar-refractivity contribution >= 4 is 40.0 Å². The number of fused-ring (bicyclic) bond motifs is 5. The fourth-order valence-corrected chi connectivity index (χ4v) is 10.8. The first-order valence-electron chi connectivity index (χ1n) is 16.1. The summed E-state index contributed by atoms with van der Waals surface area (Å²) in [6, 6.07) is 54.0. The zero-order valence-electron chi connectivity index (χ0n) is 26.3. The van der Waals surface area contributed by atoms with Gasteiger partial charge in [0.15, 0.2) is 17.5 Å². The first-order chi connectivity index (χ1) is 23.0. The molecule has 0 atom stereocenters. The molecular weight excluding hydrogens is 587 g/mol. The molecule has 4 heteroatoms. The van der Waals surface area contributed by atoms with E-state index in [0.29, 0.717) is 11.6 Å². The second-order valence-corrected chi connectivity index (χ2v) is 17.2. The van der Waals surface area contributed by atoms with E-state index in [1.54, 1.807) is 0 Å². The van der Waals surface area contributed by atoms with Crippen LogP contribution >= 0.6 is 0 Å². The van der Waals surface area contributed by atoms with Gasteiger partial charge >= 0.3 is 0 Å². The van der Waals surface area contributed by atoms with Gasteiger partial charge in [-0.05, 0) is 60.2 Å². The molecule has 3 nitrogen and oxygen atoms in total. The van der Waals surface area contributed by atoms with Crippen LogP contribution < -0.4 is 10.4 Å². The normalized spacial score (nSPS) is 13.1. The van der Waals surface area contributed by atoms with Crippen LogP contribution in [-0.4, -0.2) is 23.0 Å². The molecule has 47 heavy (non-hydrogen) atoms. The molecule has 0 N–H and O–H groups in total. The standard InChI is InChI=1S/C43H31N3Si/c1-47(2)39-27-33-16-7-6-15-32(33)26-38(39)36-20-11-21-37(40(36)47)43-45-41(30-13-4-3-5-14-30)44-42(46-43)31-24-22-29(23-25-31)35-19-10-17-28-12-8-9-18-34(28)35/h3-27H,1-2H3. The number of aromatic nitrogens is 3. The lowest BCUT2D eigenvalue weighted by Crippen LogP contribution is -2.50. The van der Waals surface area contributed by atoms with Crippen molar-refractivity contribution in [3.63, 3.8) is 0 Å². The lowest BCUT2D eigenvalue weighted by Gasteiger charge is -2.22. The quantitative estimate of drug-likeness (QED) is 0.185. The molecule has 1 aliphatic rings. The van der Waals surface area contributed by atoms with Crippen molar-refractivity contribution in [1.29, 1.82) is 0 Å². The van der Waals surface area contributed by atoms with Gasteiger partial charge in [-0.15, -0.1) is 0 Å². The van der Waals surface area contributed by atoms with E-state index in [2.05, 4.69) is 147 Å². The fraction of sp³-hybridized carbons (Fsp3) is 0.0465. The SMILES string of the molecule is C[Si]1(C)c2cc3ccccc3cc2-c2cccc(-c3nc(-c4ccccc4)nc(-c4ccc(-c5cccc6ccccc56)cc4)n3)c21. The second kappa shape index (κ2) is 10.7. The Bertz CT molecular complexity index is 2480. The number of nitrogens with zero attached hydrogens (tertiary/aromatic N) is 3. The summed E-state index contributed by atoms with van der Waals surface area (Å²) >= 11 is 0. The van der Waals surface area contributed by atoms with Gasteiger partial charge in [-0.2, -0.15) is 0 Å². The van der Waals surface area contributed by atoms with Crippen molar-refractivity contribution in [2.45, 2.75) is 13.1 Å². The van der Waals surface area contributed by atoms with Crippen LogP contribution in [-0.2, 0) is 0 Å². The maximum absolute atomic E-state index is 5.21. The van der Waals surface area contributed by atoms with Gasteiger partial charge in [0.1, 0.15) is 8.07 Å². The van der Waals surface area contributed by atoms with Crippen LogP contribution in [0.5, 0.6) is 0 Å². The third-order valence-corrected chi connectivity index (χ3v) is 13.2. The molecule has 1 aliphatic heterocycles. The molecule has 2 heterocycles. The first kappa shape index (κ1) is 27.6. The predicted molar refractivity (Wildman–Crippen MR) is 199 cm³/mol. The fourth-order valence-electron chi connectivity index (χ4n) is 7.37. The monoisotopic (exact) mass is 617 g/mol. The van der Waals surface area contributed by atoms with Crippen LogP contribution in [0.2, 0.25) is 13.1 Å². The van der Waals surface area contributed by atoms with E-state index in [1.807, 2.05) is 18.2 Å². The van der Waals surface area contributed by atoms with Crippen molar-refractivity contribution in [3.8, 4) is 56.4 Å². The van der Waals surface area contributed by atoms with Gasteiger partial charge in [-0.3, -0.25) is 0 Å². The summed E-state index contributed by atoms with van der Waals surface area (Å²) in [5, 5.41) is 7.92. The van der Waals surface area contributed by atoms with Crippen LogP contribution in [0, 0.1) is 0 Å². The van der Waals surface area contributed by atoms with E-state index < -0.39 is 8.07 Å². The third-order valence-electron chi connectivity index (χ3n) is 9.69. The Morgan fingerprint density at radius 2 is 0.915 bits per heavy atom. The summed E-state index contributed by atoms with van der Waals surface area (Å²) in [5.74, 6) is 2.08. The molecule has 9 rings (SSSR count). The van der Waals surface area contributed by atoms with Crippen LogP contribution in [0.3, 0.4) is 0 Å². The molecule has 0 saturated carbocycles. The zero-order valence-corrected chi connectivity index (χ0v) is 27.3. The average molecular weight is 618 g/mol. The van der Waals surface area contributed by atoms with E-state index in [9.17, 15) is 0 Å². The van der Waals surface area contributed by atoms with Gasteiger partial charge in [-0.25, -0.2) is 15.0 Å². The van der Waals surface area contributed by atoms with E-state index in [4.69, 9.17) is 15.0 Å². The van der Waals surface area contributed by atoms with Crippen LogP contribution in [0.1, 0.15) is 0 Å². The highest BCUT2D eigenvalue weighted by Crippen LogP contribution is 2.36. The summed E-state index contributed by atoms with van der Waals surface area (Å²) < 4.78 is 0. The van der Waals surface area contributed by atoms with Crippen LogP contribution in [0.25, 0.3) is 78.0 Å². The van der Waals surface area contributed by atoms with Crippen molar-refractivity contribution in [2.75, 3.05) is 0 Å². The topological polar surface area (TPSA) is 38.7 Å². The Hall–Kier alpha value is -5.71. The van der Waals surface area contributed by atoms with Gasteiger partial charge in [0.2, 0.25) is 0 Å². The molecule has 0 radical (unpaired) electrons. The van der Waals surface area contributed by atoms with Crippen LogP contribution in [0.15, 0.2) is 152 Å². The molecule has 0 bridgehead atoms. The molecule has 222 valence electrons. The highest BCUT2D eigenvalue weighted by atomic mass is 28.3. The van der Waals surface area contributed by atoms with Gasteiger partial charge in [0, 0.05) is 16.7 Å². The Morgan fingerprint density at radius 3 is 1.68 bits per heavy atom. The molecule has 0 amide bonds. The Kier molecular flexibility index (Phi) is 6.27. The molecule has 8 aromatic rings. The van der Waals surface area contributed by atoms with Gasteiger partial charge in [0.05, 0.1) is 0 Å². The molecule has 0 aliphatic carbocycles. The van der Waals surface area contributed by atoms with Crippen molar-refractivity contribution < 1.29 is 0 Å². The van der Waals surface area contributed by atoms with E-state index >= 15 is 0 Å². The summed E-state index contributed by atoms with van der Waals surface area (Å²) in [6.45, 7) is 4.92. The number of benzene rings is 7. The Morgan fingerprint density at radius 1 is 0.383 bits per heavy atom. The maximum Gasteiger partial charge on any atom is 0.164 e. The Labute approximate surface area is 275 Å². The van der Waals surface area contributed by atoms with Gasteiger partial charge in [-0.1, -0.05) is 159 Å². The van der Waals surface area contributed by atoms with Gasteiger partial charge in [0.25, 0.3) is 0 Å². The summed E-state index contributed by atoms with van der Waals surface area (Å²) in [4.78, 5) is 15.4. The van der Waals surface area contributed by atoms with Crippen LogP contribution in [0.4, 0.5) is 0 Å². The third kappa shape index (κ3) is 4.52. The first-order valence-corrected chi connectivity index (χ1v) is 19.1. The average Bonchev–Trinajstić information content (AvgIpc) is 3.36. The highest BCUT2D eigenvalue weighted by molar-refractivity contribution is 7.04. The highest BCUT2D eigenvalue weighted by Gasteiger charge is 2.40. The molecule has 0 spiro atoms.